The van der Waals surface area contributed by atoms with Crippen molar-refractivity contribution in [3.8, 4) is 0 Å². The fraction of sp³-hybridized carbons (Fsp3) is 0.211. The van der Waals surface area contributed by atoms with Gasteiger partial charge in [-0.1, -0.05) is 245 Å². The largest absolute Gasteiger partial charge is 2.00 e. The summed E-state index contributed by atoms with van der Waals surface area (Å²) in [7, 11) is -1.35. The normalized spacial score (nSPS) is 11.6. The van der Waals surface area contributed by atoms with Crippen LogP contribution in [0.25, 0.3) is 43.1 Å². The topological polar surface area (TPSA) is 0 Å². The summed E-state index contributed by atoms with van der Waals surface area (Å²) < 4.78 is 0. The van der Waals surface area contributed by atoms with Gasteiger partial charge in [0.2, 0.25) is 0 Å². The molecule has 0 aliphatic heterocycles. The van der Waals surface area contributed by atoms with Gasteiger partial charge in [0.15, 0.2) is 0 Å². The van der Waals surface area contributed by atoms with E-state index >= 15 is 0 Å². The molecule has 0 fully saturated rings. The Balaban J connectivity index is 0.000000203. The second kappa shape index (κ2) is 31.4. The Kier molecular flexibility index (Phi) is 26.6. The van der Waals surface area contributed by atoms with E-state index in [0.29, 0.717) is 20.6 Å². The van der Waals surface area contributed by atoms with Gasteiger partial charge >= 0.3 is 52.4 Å². The molecule has 84 heavy (non-hydrogen) atoms. The molecule has 12 rings (SSSR count). The van der Waals surface area contributed by atoms with Gasteiger partial charge in [-0.25, -0.2) is 0 Å². The molecule has 0 amide bonds. The molecule has 0 atom stereocenters. The Morgan fingerprint density at radius 2 is 0.417 bits per heavy atom. The second-order valence-electron chi connectivity index (χ2n) is 24.7. The van der Waals surface area contributed by atoms with Crippen molar-refractivity contribution in [1.82, 2.24) is 0 Å². The first kappa shape index (κ1) is 71.0. The Morgan fingerprint density at radius 3 is 0.619 bits per heavy atom. The maximum absolute atomic E-state index is 2.40. The second-order valence-corrected chi connectivity index (χ2v) is 36.9. The first-order valence-corrected chi connectivity index (χ1v) is 33.6. The van der Waals surface area contributed by atoms with E-state index in [1.54, 1.807) is 10.6 Å². The summed E-state index contributed by atoms with van der Waals surface area (Å²) in [5, 5.41) is 23.8. The van der Waals surface area contributed by atoms with Crippen LogP contribution in [0.15, 0.2) is 267 Å². The van der Waals surface area contributed by atoms with Crippen LogP contribution in [0.5, 0.6) is 0 Å². The number of hydrogen-bond acceptors (Lipinski definition) is 0. The third kappa shape index (κ3) is 18.2. The molecule has 0 aliphatic carbocycles. The zero-order chi connectivity index (χ0) is 56.7. The van der Waals surface area contributed by atoms with Gasteiger partial charge in [-0.2, -0.15) is 24.3 Å². The molecule has 0 unspecified atom stereocenters. The van der Waals surface area contributed by atoms with Crippen LogP contribution in [0, 0.1) is 0 Å². The minimum atomic E-state index is -0.493. The van der Waals surface area contributed by atoms with Crippen LogP contribution in [0.1, 0.15) is 83.1 Å². The molecule has 0 radical (unpaired) electrons. The van der Waals surface area contributed by atoms with Crippen molar-refractivity contribution < 1.29 is 77.2 Å². The summed E-state index contributed by atoms with van der Waals surface area (Å²) in [5.41, 5.74) is 0. The standard InChI is InChI=1S/2C21H16P.2C17H24P.2ClH.2Zr/c2*1-3-11-19(12-4-1)22(20-13-5-2-6-14-20)21-15-17-9-7-8-10-18(17)16-21;2*1-16(2,3)18(17(4,5)6)15-11-13-9-7-8-10-14(13)12-15;;;;/h2*1-16H;2*7-12H,1-6H3;2*1H;;/q4*-1;;;2*+2/p-2. The Morgan fingerprint density at radius 1 is 0.238 bits per heavy atom. The molecule has 0 aromatic heterocycles. The Bertz CT molecular complexity index is 3360. The van der Waals surface area contributed by atoms with Crippen molar-refractivity contribution in [3.05, 3.63) is 267 Å². The van der Waals surface area contributed by atoms with Crippen molar-refractivity contribution >= 4 is 117 Å². The number of benzene rings is 8. The van der Waals surface area contributed by atoms with Crippen LogP contribution in [-0.2, 0) is 52.4 Å². The van der Waals surface area contributed by atoms with Gasteiger partial charge in [-0.3, -0.25) is 0 Å². The quantitative estimate of drug-likeness (QED) is 0.105. The summed E-state index contributed by atoms with van der Waals surface area (Å²) in [5.74, 6) is 0. The first-order chi connectivity index (χ1) is 38.2. The molecule has 0 N–H and O–H groups in total. The fourth-order valence-corrected chi connectivity index (χ4v) is 24.8. The third-order valence-electron chi connectivity index (χ3n) is 14.2. The Hall–Kier alpha value is -3.73. The van der Waals surface area contributed by atoms with E-state index in [4.69, 9.17) is 0 Å². The van der Waals surface area contributed by atoms with Gasteiger partial charge in [-0.15, -0.1) is 161 Å². The number of halogens is 2. The fourth-order valence-electron chi connectivity index (χ4n) is 11.8. The van der Waals surface area contributed by atoms with Crippen molar-refractivity contribution in [2.45, 2.75) is 104 Å². The summed E-state index contributed by atoms with van der Waals surface area (Å²) in [4.78, 5) is 0. The molecule has 0 spiro atoms. The summed E-state index contributed by atoms with van der Waals surface area (Å²) in [6.45, 7) is 28.5. The zero-order valence-electron chi connectivity index (χ0n) is 50.9. The van der Waals surface area contributed by atoms with Crippen LogP contribution < -0.4 is 67.3 Å². The molecule has 0 saturated heterocycles. The van der Waals surface area contributed by atoms with Crippen LogP contribution in [0.4, 0.5) is 0 Å². The maximum atomic E-state index is 2.40. The number of rotatable bonds is 8. The van der Waals surface area contributed by atoms with Crippen LogP contribution >= 0.6 is 31.7 Å². The van der Waals surface area contributed by atoms with Crippen LogP contribution in [0.3, 0.4) is 0 Å². The van der Waals surface area contributed by atoms with Crippen molar-refractivity contribution in [2.75, 3.05) is 0 Å². The van der Waals surface area contributed by atoms with Crippen molar-refractivity contribution in [2.24, 2.45) is 0 Å². The Labute approximate surface area is 559 Å². The van der Waals surface area contributed by atoms with E-state index < -0.39 is 15.8 Å². The molecule has 0 heterocycles. The van der Waals surface area contributed by atoms with E-state index in [-0.39, 0.29) is 93.1 Å². The molecule has 428 valence electrons. The average Bonchev–Trinajstić information content (AvgIpc) is 2.83. The summed E-state index contributed by atoms with van der Waals surface area (Å²) >= 11 is 0. The van der Waals surface area contributed by atoms with E-state index in [1.807, 2.05) is 0 Å². The molecule has 0 saturated carbocycles. The van der Waals surface area contributed by atoms with Gasteiger partial charge in [0.1, 0.15) is 0 Å². The van der Waals surface area contributed by atoms with E-state index in [0.717, 1.165) is 0 Å². The minimum absolute atomic E-state index is 0. The molecule has 0 bridgehead atoms. The maximum Gasteiger partial charge on any atom is 2.00 e. The third-order valence-corrected chi connectivity index (χ3v) is 25.9. The van der Waals surface area contributed by atoms with E-state index in [2.05, 4.69) is 350 Å². The predicted molar refractivity (Wildman–Crippen MR) is 368 cm³/mol. The van der Waals surface area contributed by atoms with Crippen LogP contribution in [0.2, 0.25) is 0 Å². The molecule has 0 nitrogen and oxygen atoms in total. The van der Waals surface area contributed by atoms with Gasteiger partial charge in [0, 0.05) is 0 Å². The molecular formula is C76H80Cl2P4Zr2-2. The van der Waals surface area contributed by atoms with Gasteiger partial charge in [0.05, 0.1) is 0 Å². The molecule has 12 aromatic rings. The van der Waals surface area contributed by atoms with Crippen molar-refractivity contribution in [1.29, 1.82) is 0 Å². The number of hydrogen-bond donors (Lipinski definition) is 0. The van der Waals surface area contributed by atoms with E-state index in [1.165, 1.54) is 74.9 Å². The smallest absolute Gasteiger partial charge is 1.00 e. The monoisotopic (exact) mass is 1370 g/mol. The number of fused-ring (bicyclic) bond motifs is 4. The van der Waals surface area contributed by atoms with E-state index in [9.17, 15) is 0 Å². The molecule has 0 aliphatic rings. The van der Waals surface area contributed by atoms with Crippen LogP contribution in [-0.4, -0.2) is 20.6 Å². The molecular weight excluding hydrogens is 1290 g/mol. The summed E-state index contributed by atoms with van der Waals surface area (Å²) in [6, 6.07) is 97.0. The zero-order valence-corrected chi connectivity index (χ0v) is 61.0. The summed E-state index contributed by atoms with van der Waals surface area (Å²) in [6.07, 6.45) is 0. The van der Waals surface area contributed by atoms with Gasteiger partial charge in [-0.05, 0) is 57.7 Å². The first-order valence-electron chi connectivity index (χ1n) is 28.3. The minimum Gasteiger partial charge on any atom is -1.00 e. The average molecular weight is 1370 g/mol. The van der Waals surface area contributed by atoms with Gasteiger partial charge in [0.25, 0.3) is 0 Å². The van der Waals surface area contributed by atoms with Gasteiger partial charge < -0.3 is 24.8 Å². The molecule has 12 aromatic carbocycles. The van der Waals surface area contributed by atoms with Crippen molar-refractivity contribution in [3.63, 3.8) is 0 Å². The SMILES string of the molecule is CC(C)(C)P(c1cc2ccccc2[cH-]1)C(C)(C)C.CC(C)(C)P(c1cc2ccccc2[cH-]1)C(C)(C)C.[Cl-].[Cl-].[Zr+2].[Zr+2].c1ccc(P(c2ccccc2)c2cc3ccccc3[cH-]2)cc1.c1ccc(P(c2ccccc2)c2cc3ccccc3[cH-]2)cc1. The molecule has 8 heteroatoms. The predicted octanol–water partition coefficient (Wildman–Crippen LogP) is 13.2.